The van der Waals surface area contributed by atoms with Crippen LogP contribution in [0, 0.1) is 10.8 Å². The van der Waals surface area contributed by atoms with Crippen LogP contribution >= 0.6 is 0 Å². The van der Waals surface area contributed by atoms with E-state index in [1.54, 1.807) is 0 Å². The lowest BCUT2D eigenvalue weighted by Crippen LogP contribution is -2.76. The molecule has 0 saturated carbocycles. The van der Waals surface area contributed by atoms with Crippen LogP contribution in [0.1, 0.15) is 34.3 Å². The number of likely N-dealkylation sites (tertiary alicyclic amines) is 1. The first-order valence-corrected chi connectivity index (χ1v) is 13.2. The van der Waals surface area contributed by atoms with Gasteiger partial charge in [0.2, 0.25) is 32.1 Å². The van der Waals surface area contributed by atoms with Crippen LogP contribution in [0.3, 0.4) is 0 Å². The Bertz CT molecular complexity index is 1480. The lowest BCUT2D eigenvalue weighted by molar-refractivity contribution is -0.141. The molecule has 0 radical (unpaired) electrons. The van der Waals surface area contributed by atoms with E-state index in [9.17, 15) is 49.1 Å². The van der Waals surface area contributed by atoms with Gasteiger partial charge in [0, 0.05) is 12.8 Å². The average Bonchev–Trinajstić information content (AvgIpc) is 3.45. The number of hydrogen-bond acceptors (Lipinski definition) is 8. The molecule has 4 fully saturated rings. The molecule has 0 aliphatic carbocycles. The standard InChI is InChI=1S/C21H19F6N7O6S/c22-19(23,24)8-1-2-10(20(25,26)27)9(5-8)16(37)40-14-7-34-18(29)30-11(6-33-12(35)3-4-13(33)36)15-21(34,41(14,38)39)32-17(28)31-15/h1-2,5,11,14-15H,3-4,6-7H2,(H2,29,30)(H3,28,31,32)/t11-,14+,15-,21-/m0/s1. The van der Waals surface area contributed by atoms with E-state index in [0.29, 0.717) is 0 Å². The van der Waals surface area contributed by atoms with Gasteiger partial charge in [-0.1, -0.05) is 0 Å². The molecule has 0 unspecified atom stereocenters. The third-order valence-electron chi connectivity index (χ3n) is 7.18. The molecule has 4 aliphatic rings. The maximum absolute atomic E-state index is 13.8. The molecule has 0 aromatic heterocycles. The highest BCUT2D eigenvalue weighted by atomic mass is 32.2. The smallest absolute Gasteiger partial charge is 0.417 e. The van der Waals surface area contributed by atoms with Gasteiger partial charge in [0.15, 0.2) is 11.9 Å². The third kappa shape index (κ3) is 4.30. The van der Waals surface area contributed by atoms with E-state index in [1.807, 2.05) is 0 Å². The number of carbonyl (C=O) groups excluding carboxylic acids is 3. The minimum Gasteiger partial charge on any atom is -0.440 e. The van der Waals surface area contributed by atoms with Crippen molar-refractivity contribution in [2.45, 2.75) is 47.7 Å². The molecule has 41 heavy (non-hydrogen) atoms. The molecule has 20 heteroatoms. The summed E-state index contributed by atoms with van der Waals surface area (Å²) in [6, 6.07) is -2.55. The van der Waals surface area contributed by atoms with E-state index >= 15 is 0 Å². The number of guanidine groups is 2. The highest BCUT2D eigenvalue weighted by molar-refractivity contribution is 7.93. The van der Waals surface area contributed by atoms with Gasteiger partial charge in [-0.3, -0.25) is 25.3 Å². The van der Waals surface area contributed by atoms with Gasteiger partial charge in [-0.25, -0.2) is 13.2 Å². The van der Waals surface area contributed by atoms with Crippen LogP contribution in [-0.4, -0.2) is 83.5 Å². The number of hydrogen-bond donors (Lipinski definition) is 5. The fraction of sp³-hybridized carbons (Fsp3) is 0.476. The van der Waals surface area contributed by atoms with Crippen molar-refractivity contribution in [2.24, 2.45) is 0 Å². The van der Waals surface area contributed by atoms with E-state index in [4.69, 9.17) is 15.6 Å². The number of carbonyl (C=O) groups is 3. The molecule has 1 aromatic carbocycles. The maximum Gasteiger partial charge on any atom is 0.417 e. The molecular weight excluding hydrogens is 592 g/mol. The second-order valence-corrected chi connectivity index (χ2v) is 11.8. The van der Waals surface area contributed by atoms with E-state index in [-0.39, 0.29) is 31.0 Å². The van der Waals surface area contributed by atoms with Gasteiger partial charge in [-0.15, -0.1) is 0 Å². The van der Waals surface area contributed by atoms with Gasteiger partial charge in [0.05, 0.1) is 35.8 Å². The van der Waals surface area contributed by atoms with E-state index in [0.717, 1.165) is 9.80 Å². The van der Waals surface area contributed by atoms with E-state index < -0.39 is 104 Å². The minimum atomic E-state index is -5.30. The second kappa shape index (κ2) is 8.95. The Labute approximate surface area is 226 Å². The SMILES string of the molecule is N=C1N[C@H]2[C@H](CN3C(=O)CCC3=O)NC(=N)N3C[C@H](OC(=O)c4cc(C(F)(F)F)ccc4C(F)(F)F)S(=O)(=O)[C@]23N1. The fourth-order valence-electron chi connectivity index (χ4n) is 5.33. The number of esters is 1. The molecular formula is C21H19F6N7O6S. The number of alkyl halides is 6. The predicted molar refractivity (Wildman–Crippen MR) is 122 cm³/mol. The zero-order chi connectivity index (χ0) is 30.3. The lowest BCUT2D eigenvalue weighted by Gasteiger charge is -2.46. The van der Waals surface area contributed by atoms with Crippen molar-refractivity contribution in [3.8, 4) is 0 Å². The first-order valence-electron chi connectivity index (χ1n) is 11.7. The van der Waals surface area contributed by atoms with Gasteiger partial charge < -0.3 is 25.6 Å². The average molecular weight is 611 g/mol. The first-order chi connectivity index (χ1) is 18.9. The predicted octanol–water partition coefficient (Wildman–Crippen LogP) is 0.143. The largest absolute Gasteiger partial charge is 0.440 e. The van der Waals surface area contributed by atoms with E-state index in [2.05, 4.69) is 16.0 Å². The molecule has 4 saturated heterocycles. The first kappa shape index (κ1) is 28.4. The summed E-state index contributed by atoms with van der Waals surface area (Å²) in [6.07, 6.45) is -10.6. The minimum absolute atomic E-state index is 0.0233. The van der Waals surface area contributed by atoms with Crippen molar-refractivity contribution in [3.63, 3.8) is 0 Å². The summed E-state index contributed by atoms with van der Waals surface area (Å²) in [5.74, 6) is -4.32. The van der Waals surface area contributed by atoms with Crippen molar-refractivity contribution in [2.75, 3.05) is 13.1 Å². The summed E-state index contributed by atoms with van der Waals surface area (Å²) in [7, 11) is -4.94. The molecule has 13 nitrogen and oxygen atoms in total. The molecule has 4 aliphatic heterocycles. The number of rotatable bonds is 4. The number of benzene rings is 1. The van der Waals surface area contributed by atoms with Gasteiger partial charge in [-0.05, 0) is 18.2 Å². The van der Waals surface area contributed by atoms with Gasteiger partial charge in [0.1, 0.15) is 6.04 Å². The Balaban J connectivity index is 1.50. The summed E-state index contributed by atoms with van der Waals surface area (Å²) in [4.78, 5) is 36.4. The van der Waals surface area contributed by atoms with Crippen LogP contribution in [0.5, 0.6) is 0 Å². The van der Waals surface area contributed by atoms with Gasteiger partial charge in [0.25, 0.3) is 0 Å². The summed E-state index contributed by atoms with van der Waals surface area (Å²) >= 11 is 0. The number of sulfone groups is 1. The molecule has 222 valence electrons. The molecule has 4 heterocycles. The van der Waals surface area contributed by atoms with Crippen LogP contribution in [0.15, 0.2) is 18.2 Å². The number of nitrogens with zero attached hydrogens (tertiary/aromatic N) is 2. The third-order valence-corrected chi connectivity index (χ3v) is 9.56. The topological polar surface area (TPSA) is 185 Å². The van der Waals surface area contributed by atoms with E-state index in [1.165, 1.54) is 0 Å². The summed E-state index contributed by atoms with van der Waals surface area (Å²) in [5.41, 5.74) is -7.29. The summed E-state index contributed by atoms with van der Waals surface area (Å²) in [6.45, 7) is -1.27. The molecule has 5 rings (SSSR count). The molecule has 5 N–H and O–H groups in total. The number of imide groups is 1. The normalized spacial score (nSPS) is 29.1. The molecule has 1 spiro atoms. The molecule has 1 aromatic rings. The molecule has 2 amide bonds. The lowest BCUT2D eigenvalue weighted by atomic mass is 10.0. The highest BCUT2D eigenvalue weighted by Gasteiger charge is 2.72. The van der Waals surface area contributed by atoms with Crippen molar-refractivity contribution in [1.82, 2.24) is 25.8 Å². The zero-order valence-electron chi connectivity index (χ0n) is 20.3. The van der Waals surface area contributed by atoms with Crippen LogP contribution in [-0.2, 0) is 36.5 Å². The zero-order valence-corrected chi connectivity index (χ0v) is 21.1. The van der Waals surface area contributed by atoms with Gasteiger partial charge in [-0.2, -0.15) is 26.3 Å². The van der Waals surface area contributed by atoms with Crippen LogP contribution in [0.2, 0.25) is 0 Å². The second-order valence-electron chi connectivity index (χ2n) is 9.56. The Hall–Kier alpha value is -4.10. The highest BCUT2D eigenvalue weighted by Crippen LogP contribution is 2.43. The maximum atomic E-state index is 13.8. The Morgan fingerprint density at radius 1 is 1.05 bits per heavy atom. The number of amides is 2. The quantitative estimate of drug-likeness (QED) is 0.178. The van der Waals surface area contributed by atoms with Crippen molar-refractivity contribution in [3.05, 3.63) is 34.9 Å². The van der Waals surface area contributed by atoms with Crippen LogP contribution in [0.25, 0.3) is 0 Å². The monoisotopic (exact) mass is 611 g/mol. The number of nitrogens with one attached hydrogen (secondary N) is 5. The van der Waals surface area contributed by atoms with Gasteiger partial charge >= 0.3 is 18.3 Å². The molecule has 4 atom stereocenters. The van der Waals surface area contributed by atoms with Crippen LogP contribution in [0.4, 0.5) is 26.3 Å². The summed E-state index contributed by atoms with van der Waals surface area (Å²) < 4.78 is 113. The Morgan fingerprint density at radius 3 is 2.27 bits per heavy atom. The van der Waals surface area contributed by atoms with Crippen molar-refractivity contribution < 1.29 is 53.9 Å². The van der Waals surface area contributed by atoms with Crippen LogP contribution < -0.4 is 16.0 Å². The summed E-state index contributed by atoms with van der Waals surface area (Å²) in [5, 5.41) is 23.9. The number of ether oxygens (including phenoxy) is 1. The molecule has 0 bridgehead atoms. The Morgan fingerprint density at radius 2 is 1.68 bits per heavy atom. The van der Waals surface area contributed by atoms with Crippen molar-refractivity contribution >= 4 is 39.5 Å². The van der Waals surface area contributed by atoms with Crippen molar-refractivity contribution in [1.29, 1.82) is 10.8 Å². The Kier molecular flexibility index (Phi) is 6.21. The number of halogens is 6. The fourth-order valence-corrected chi connectivity index (χ4v) is 7.58.